The molecule has 0 saturated carbocycles. The van der Waals surface area contributed by atoms with E-state index in [1.807, 2.05) is 20.8 Å². The minimum absolute atomic E-state index is 0.0605. The molecule has 27 heavy (non-hydrogen) atoms. The molecule has 0 aliphatic heterocycles. The van der Waals surface area contributed by atoms with Crippen LogP contribution in [0.25, 0.3) is 0 Å². The van der Waals surface area contributed by atoms with Gasteiger partial charge in [0.1, 0.15) is 11.5 Å². The number of ether oxygens (including phenoxy) is 2. The average Bonchev–Trinajstić information content (AvgIpc) is 2.60. The van der Waals surface area contributed by atoms with Crippen LogP contribution in [0.1, 0.15) is 38.1 Å². The summed E-state index contributed by atoms with van der Waals surface area (Å²) in [6, 6.07) is 13.1. The second-order valence-electron chi connectivity index (χ2n) is 7.08. The highest BCUT2D eigenvalue weighted by atomic mass is 16.6. The van der Waals surface area contributed by atoms with Gasteiger partial charge in [-0.25, -0.2) is 4.79 Å². The molecule has 1 amide bonds. The van der Waals surface area contributed by atoms with E-state index in [1.165, 1.54) is 6.92 Å². The third kappa shape index (κ3) is 6.26. The lowest BCUT2D eigenvalue weighted by atomic mass is 9.95. The molecular weight excluding hydrogens is 346 g/mol. The fraction of sp³-hybridized carbons (Fsp3) is 0.286. The lowest BCUT2D eigenvalue weighted by molar-refractivity contribution is -0.136. The third-order valence-corrected chi connectivity index (χ3v) is 3.62. The first-order chi connectivity index (χ1) is 12.6. The maximum Gasteiger partial charge on any atom is 0.349 e. The van der Waals surface area contributed by atoms with E-state index in [0.29, 0.717) is 22.7 Å². The van der Waals surface area contributed by atoms with Crippen LogP contribution >= 0.6 is 0 Å². The van der Waals surface area contributed by atoms with Gasteiger partial charge in [0.25, 0.3) is 0 Å². The summed E-state index contributed by atoms with van der Waals surface area (Å²) in [5.74, 6) is 0.0165. The van der Waals surface area contributed by atoms with E-state index in [0.717, 1.165) is 0 Å². The van der Waals surface area contributed by atoms with Crippen LogP contribution in [0, 0.1) is 5.41 Å². The number of hydrogen-bond donors (Lipinski definition) is 1. The first-order valence-corrected chi connectivity index (χ1v) is 8.51. The van der Waals surface area contributed by atoms with Gasteiger partial charge in [0, 0.05) is 22.7 Å². The molecule has 0 aliphatic carbocycles. The predicted octanol–water partition coefficient (Wildman–Crippen LogP) is 3.86. The molecule has 0 aromatic heterocycles. The topological polar surface area (TPSA) is 81.7 Å². The van der Waals surface area contributed by atoms with Gasteiger partial charge in [-0.05, 0) is 43.3 Å². The van der Waals surface area contributed by atoms with Gasteiger partial charge in [-0.2, -0.15) is 0 Å². The molecule has 6 heteroatoms. The van der Waals surface area contributed by atoms with Gasteiger partial charge >= 0.3 is 5.97 Å². The number of benzene rings is 2. The minimum atomic E-state index is -0.574. The fourth-order valence-electron chi connectivity index (χ4n) is 2.04. The van der Waals surface area contributed by atoms with Crippen LogP contribution in [0.4, 0.5) is 5.69 Å². The van der Waals surface area contributed by atoms with E-state index in [-0.39, 0.29) is 18.3 Å². The highest BCUT2D eigenvalue weighted by molar-refractivity contribution is 5.95. The van der Waals surface area contributed by atoms with Gasteiger partial charge in [0.05, 0.1) is 0 Å². The van der Waals surface area contributed by atoms with E-state index < -0.39 is 11.4 Å². The van der Waals surface area contributed by atoms with Crippen molar-refractivity contribution in [1.29, 1.82) is 0 Å². The van der Waals surface area contributed by atoms with Crippen LogP contribution in [-0.2, 0) is 9.59 Å². The Bertz CT molecular complexity index is 834. The Labute approximate surface area is 158 Å². The maximum absolute atomic E-state index is 12.0. The van der Waals surface area contributed by atoms with E-state index >= 15 is 0 Å². The van der Waals surface area contributed by atoms with Crippen molar-refractivity contribution in [2.45, 2.75) is 27.7 Å². The van der Waals surface area contributed by atoms with Crippen molar-refractivity contribution in [1.82, 2.24) is 0 Å². The lowest BCUT2D eigenvalue weighted by Crippen LogP contribution is -2.27. The number of rotatable bonds is 6. The van der Waals surface area contributed by atoms with Gasteiger partial charge in [-0.15, -0.1) is 0 Å². The summed E-state index contributed by atoms with van der Waals surface area (Å²) in [4.78, 5) is 35.2. The highest BCUT2D eigenvalue weighted by Gasteiger charge is 2.21. The molecule has 0 atom stereocenters. The maximum atomic E-state index is 12.0. The molecule has 0 fully saturated rings. The second-order valence-corrected chi connectivity index (χ2v) is 7.08. The molecule has 0 heterocycles. The molecule has 2 aromatic carbocycles. The Balaban J connectivity index is 1.90. The molecule has 0 radical (unpaired) electrons. The quantitative estimate of drug-likeness (QED) is 0.475. The molecule has 2 rings (SSSR count). The SMILES string of the molecule is CC(=O)c1ccc(OC(=O)COc2cccc(NC(=O)C(C)(C)C)c2)cc1. The largest absolute Gasteiger partial charge is 0.482 e. The number of nitrogens with one attached hydrogen (secondary N) is 1. The van der Waals surface area contributed by atoms with Gasteiger partial charge in [0.2, 0.25) is 5.91 Å². The van der Waals surface area contributed by atoms with Gasteiger partial charge in [-0.1, -0.05) is 26.8 Å². The zero-order valence-corrected chi connectivity index (χ0v) is 15.9. The normalized spacial score (nSPS) is 10.8. The molecule has 0 saturated heterocycles. The standard InChI is InChI=1S/C21H23NO5/c1-14(23)15-8-10-17(11-9-15)27-19(24)13-26-18-7-5-6-16(12-18)22-20(25)21(2,3)4/h5-12H,13H2,1-4H3,(H,22,25). The summed E-state index contributed by atoms with van der Waals surface area (Å²) in [7, 11) is 0. The summed E-state index contributed by atoms with van der Waals surface area (Å²) in [5.41, 5.74) is 0.610. The zero-order chi connectivity index (χ0) is 20.0. The molecule has 142 valence electrons. The van der Waals surface area contributed by atoms with Crippen molar-refractivity contribution in [2.24, 2.45) is 5.41 Å². The van der Waals surface area contributed by atoms with Gasteiger partial charge in [0.15, 0.2) is 12.4 Å². The van der Waals surface area contributed by atoms with Crippen molar-refractivity contribution in [3.63, 3.8) is 0 Å². The Morgan fingerprint density at radius 2 is 1.63 bits per heavy atom. The molecule has 1 N–H and O–H groups in total. The number of amides is 1. The first kappa shape index (κ1) is 20.2. The predicted molar refractivity (Wildman–Crippen MR) is 102 cm³/mol. The monoisotopic (exact) mass is 369 g/mol. The Hall–Kier alpha value is -3.15. The van der Waals surface area contributed by atoms with Crippen LogP contribution in [0.5, 0.6) is 11.5 Å². The van der Waals surface area contributed by atoms with E-state index in [9.17, 15) is 14.4 Å². The second kappa shape index (κ2) is 8.49. The average molecular weight is 369 g/mol. The number of hydrogen-bond acceptors (Lipinski definition) is 5. The smallest absolute Gasteiger partial charge is 0.349 e. The Kier molecular flexibility index (Phi) is 6.34. The fourth-order valence-corrected chi connectivity index (χ4v) is 2.04. The van der Waals surface area contributed by atoms with E-state index in [2.05, 4.69) is 5.32 Å². The van der Waals surface area contributed by atoms with Crippen molar-refractivity contribution in [3.05, 3.63) is 54.1 Å². The van der Waals surface area contributed by atoms with Crippen molar-refractivity contribution in [3.8, 4) is 11.5 Å². The first-order valence-electron chi connectivity index (χ1n) is 8.51. The number of carbonyl (C=O) groups is 3. The highest BCUT2D eigenvalue weighted by Crippen LogP contribution is 2.21. The third-order valence-electron chi connectivity index (χ3n) is 3.62. The number of esters is 1. The van der Waals surface area contributed by atoms with Crippen molar-refractivity contribution < 1.29 is 23.9 Å². The summed E-state index contributed by atoms with van der Waals surface area (Å²) in [6.07, 6.45) is 0. The van der Waals surface area contributed by atoms with Crippen LogP contribution in [-0.4, -0.2) is 24.3 Å². The number of ketones is 1. The number of carbonyl (C=O) groups excluding carboxylic acids is 3. The zero-order valence-electron chi connectivity index (χ0n) is 15.9. The number of Topliss-reactive ketones (excluding diaryl/α,β-unsaturated/α-hetero) is 1. The summed E-state index contributed by atoms with van der Waals surface area (Å²) in [5, 5.41) is 2.80. The molecule has 2 aromatic rings. The van der Waals surface area contributed by atoms with Crippen LogP contribution in [0.3, 0.4) is 0 Å². The molecule has 0 bridgehead atoms. The molecular formula is C21H23NO5. The summed E-state index contributed by atoms with van der Waals surface area (Å²) < 4.78 is 10.6. The lowest BCUT2D eigenvalue weighted by Gasteiger charge is -2.18. The molecule has 6 nitrogen and oxygen atoms in total. The minimum Gasteiger partial charge on any atom is -0.482 e. The molecule has 0 spiro atoms. The van der Waals surface area contributed by atoms with Gasteiger partial charge < -0.3 is 14.8 Å². The van der Waals surface area contributed by atoms with Crippen LogP contribution in [0.15, 0.2) is 48.5 Å². The van der Waals surface area contributed by atoms with Crippen molar-refractivity contribution in [2.75, 3.05) is 11.9 Å². The number of anilines is 1. The summed E-state index contributed by atoms with van der Waals surface area (Å²) >= 11 is 0. The summed E-state index contributed by atoms with van der Waals surface area (Å²) in [6.45, 7) is 6.64. The van der Waals surface area contributed by atoms with E-state index in [1.54, 1.807) is 48.5 Å². The Morgan fingerprint density at radius 1 is 0.963 bits per heavy atom. The van der Waals surface area contributed by atoms with E-state index in [4.69, 9.17) is 9.47 Å². The molecule has 0 aliphatic rings. The van der Waals surface area contributed by atoms with Crippen molar-refractivity contribution >= 4 is 23.3 Å². The van der Waals surface area contributed by atoms with Crippen LogP contribution in [0.2, 0.25) is 0 Å². The van der Waals surface area contributed by atoms with Gasteiger partial charge in [-0.3, -0.25) is 9.59 Å². The van der Waals surface area contributed by atoms with Crippen LogP contribution < -0.4 is 14.8 Å². The Morgan fingerprint density at radius 3 is 2.22 bits per heavy atom. The molecule has 0 unspecified atom stereocenters.